The lowest BCUT2D eigenvalue weighted by atomic mass is 10.0. The topological polar surface area (TPSA) is 38.0 Å². The van der Waals surface area contributed by atoms with Crippen LogP contribution in [-0.2, 0) is 0 Å². The largest absolute Gasteiger partial charge is 0.389 e. The second-order valence-corrected chi connectivity index (χ2v) is 6.05. The first-order valence-electron chi connectivity index (χ1n) is 6.46. The Morgan fingerprint density at radius 2 is 1.95 bits per heavy atom. The summed E-state index contributed by atoms with van der Waals surface area (Å²) in [6.45, 7) is 3.09. The lowest BCUT2D eigenvalue weighted by Gasteiger charge is -2.15. The maximum absolute atomic E-state index is 5.64. The molecule has 2 nitrogen and oxygen atoms in total. The molecule has 2 aromatic carbocycles. The van der Waals surface area contributed by atoms with Crippen LogP contribution in [0.4, 0.5) is 5.69 Å². The highest BCUT2D eigenvalue weighted by molar-refractivity contribution is 9.10. The van der Waals surface area contributed by atoms with Crippen molar-refractivity contribution < 1.29 is 0 Å². The van der Waals surface area contributed by atoms with Gasteiger partial charge in [0.25, 0.3) is 0 Å². The number of nitrogens with two attached hydrogens (primary N) is 1. The summed E-state index contributed by atoms with van der Waals surface area (Å²) >= 11 is 8.48. The van der Waals surface area contributed by atoms with E-state index in [1.165, 1.54) is 5.56 Å². The molecule has 3 N–H and O–H groups in total. The van der Waals surface area contributed by atoms with E-state index in [2.05, 4.69) is 52.4 Å². The molecule has 0 aliphatic carbocycles. The van der Waals surface area contributed by atoms with E-state index in [1.807, 2.05) is 24.3 Å². The molecular weight excluding hydrogens is 332 g/mol. The van der Waals surface area contributed by atoms with Gasteiger partial charge in [-0.2, -0.15) is 0 Å². The zero-order valence-corrected chi connectivity index (χ0v) is 13.7. The van der Waals surface area contributed by atoms with Gasteiger partial charge in [0, 0.05) is 22.3 Å². The Morgan fingerprint density at radius 3 is 2.55 bits per heavy atom. The highest BCUT2D eigenvalue weighted by Crippen LogP contribution is 2.22. The van der Waals surface area contributed by atoms with E-state index < -0.39 is 0 Å². The van der Waals surface area contributed by atoms with Crippen molar-refractivity contribution in [1.82, 2.24) is 0 Å². The molecule has 0 radical (unpaired) electrons. The summed E-state index contributed by atoms with van der Waals surface area (Å²) in [4.78, 5) is 0.404. The molecule has 0 saturated heterocycles. The second kappa shape index (κ2) is 6.86. The third-order valence-corrected chi connectivity index (χ3v) is 4.09. The number of hydrogen-bond acceptors (Lipinski definition) is 2. The first-order valence-corrected chi connectivity index (χ1v) is 7.66. The Morgan fingerprint density at radius 1 is 1.25 bits per heavy atom. The van der Waals surface area contributed by atoms with Crippen LogP contribution in [0.25, 0.3) is 0 Å². The van der Waals surface area contributed by atoms with Crippen LogP contribution in [0.15, 0.2) is 53.0 Å². The number of thiocarbonyl (C=S) groups is 1. The fourth-order valence-corrected chi connectivity index (χ4v) is 2.90. The molecule has 0 aromatic heterocycles. The summed E-state index contributed by atoms with van der Waals surface area (Å²) in [5.41, 5.74) is 8.89. The fraction of sp³-hybridized carbons (Fsp3) is 0.188. The van der Waals surface area contributed by atoms with Gasteiger partial charge >= 0.3 is 0 Å². The molecule has 0 fully saturated rings. The molecule has 0 spiro atoms. The predicted octanol–water partition coefficient (Wildman–Crippen LogP) is 4.30. The summed E-state index contributed by atoms with van der Waals surface area (Å²) in [7, 11) is 0. The molecule has 1 atom stereocenters. The molecule has 2 aromatic rings. The van der Waals surface area contributed by atoms with Crippen LogP contribution in [-0.4, -0.2) is 11.5 Å². The Labute approximate surface area is 133 Å². The van der Waals surface area contributed by atoms with Crippen molar-refractivity contribution in [3.8, 4) is 0 Å². The van der Waals surface area contributed by atoms with E-state index in [-0.39, 0.29) is 0 Å². The molecule has 1 unspecified atom stereocenters. The van der Waals surface area contributed by atoms with Gasteiger partial charge in [-0.3, -0.25) is 0 Å². The van der Waals surface area contributed by atoms with E-state index in [0.717, 1.165) is 22.3 Å². The SMILES string of the molecule is CC(CNc1ccc(C(N)=S)c(Br)c1)c1ccccc1. The van der Waals surface area contributed by atoms with Gasteiger partial charge in [0.05, 0.1) is 0 Å². The number of rotatable bonds is 5. The Kier molecular flexibility index (Phi) is 5.15. The summed E-state index contributed by atoms with van der Waals surface area (Å²) in [6.07, 6.45) is 0. The standard InChI is InChI=1S/C16H17BrN2S/c1-11(12-5-3-2-4-6-12)10-19-13-7-8-14(16(18)20)15(17)9-13/h2-9,11,19H,10H2,1H3,(H2,18,20). The molecule has 20 heavy (non-hydrogen) atoms. The lowest BCUT2D eigenvalue weighted by molar-refractivity contribution is 0.805. The van der Waals surface area contributed by atoms with Crippen LogP contribution in [0, 0.1) is 0 Å². The van der Waals surface area contributed by atoms with Gasteiger partial charge in [-0.1, -0.05) is 49.5 Å². The van der Waals surface area contributed by atoms with Crippen LogP contribution in [0.1, 0.15) is 24.0 Å². The van der Waals surface area contributed by atoms with Crippen molar-refractivity contribution in [2.45, 2.75) is 12.8 Å². The van der Waals surface area contributed by atoms with Gasteiger partial charge in [-0.05, 0) is 45.6 Å². The summed E-state index contributed by atoms with van der Waals surface area (Å²) in [6, 6.07) is 16.4. The van der Waals surface area contributed by atoms with E-state index in [1.54, 1.807) is 0 Å². The van der Waals surface area contributed by atoms with Gasteiger partial charge in [0.1, 0.15) is 4.99 Å². The molecule has 0 aliphatic heterocycles. The van der Waals surface area contributed by atoms with Gasteiger partial charge in [0.15, 0.2) is 0 Å². The van der Waals surface area contributed by atoms with Gasteiger partial charge in [-0.25, -0.2) is 0 Å². The third kappa shape index (κ3) is 3.81. The molecule has 104 valence electrons. The Balaban J connectivity index is 2.01. The van der Waals surface area contributed by atoms with Crippen molar-refractivity contribution in [1.29, 1.82) is 0 Å². The Bertz CT molecular complexity index is 599. The van der Waals surface area contributed by atoms with Gasteiger partial charge < -0.3 is 11.1 Å². The molecular formula is C16H17BrN2S. The molecule has 0 heterocycles. The average molecular weight is 349 g/mol. The minimum absolute atomic E-state index is 0.404. The lowest BCUT2D eigenvalue weighted by Crippen LogP contribution is -2.12. The minimum atomic E-state index is 0.404. The first-order chi connectivity index (χ1) is 9.58. The number of halogens is 1. The molecule has 0 amide bonds. The van der Waals surface area contributed by atoms with Crippen molar-refractivity contribution in [2.24, 2.45) is 5.73 Å². The number of nitrogens with one attached hydrogen (secondary N) is 1. The zero-order chi connectivity index (χ0) is 14.5. The van der Waals surface area contributed by atoms with Crippen molar-refractivity contribution in [3.05, 3.63) is 64.1 Å². The van der Waals surface area contributed by atoms with Crippen molar-refractivity contribution >= 4 is 38.8 Å². The minimum Gasteiger partial charge on any atom is -0.389 e. The van der Waals surface area contributed by atoms with Crippen LogP contribution in [0.3, 0.4) is 0 Å². The number of benzene rings is 2. The molecule has 4 heteroatoms. The summed E-state index contributed by atoms with van der Waals surface area (Å²) in [5.74, 6) is 0.449. The Hall–Kier alpha value is -1.39. The zero-order valence-electron chi connectivity index (χ0n) is 11.3. The quantitative estimate of drug-likeness (QED) is 0.791. The first kappa shape index (κ1) is 15.0. The normalized spacial score (nSPS) is 11.9. The summed E-state index contributed by atoms with van der Waals surface area (Å²) in [5, 5.41) is 3.44. The monoisotopic (exact) mass is 348 g/mol. The predicted molar refractivity (Wildman–Crippen MR) is 93.4 cm³/mol. The summed E-state index contributed by atoms with van der Waals surface area (Å²) < 4.78 is 0.919. The molecule has 0 bridgehead atoms. The van der Waals surface area contributed by atoms with Crippen LogP contribution < -0.4 is 11.1 Å². The molecule has 0 aliphatic rings. The highest BCUT2D eigenvalue weighted by Gasteiger charge is 2.07. The number of hydrogen-bond donors (Lipinski definition) is 2. The average Bonchev–Trinajstić information content (AvgIpc) is 2.45. The van der Waals surface area contributed by atoms with Gasteiger partial charge in [-0.15, -0.1) is 0 Å². The highest BCUT2D eigenvalue weighted by atomic mass is 79.9. The van der Waals surface area contributed by atoms with Crippen LogP contribution in [0.2, 0.25) is 0 Å². The molecule has 2 rings (SSSR count). The van der Waals surface area contributed by atoms with Gasteiger partial charge in [0.2, 0.25) is 0 Å². The van der Waals surface area contributed by atoms with Crippen LogP contribution in [0.5, 0.6) is 0 Å². The third-order valence-electron chi connectivity index (χ3n) is 3.22. The fourth-order valence-electron chi connectivity index (χ4n) is 2.00. The maximum Gasteiger partial charge on any atom is 0.105 e. The van der Waals surface area contributed by atoms with Crippen molar-refractivity contribution in [2.75, 3.05) is 11.9 Å². The second-order valence-electron chi connectivity index (χ2n) is 4.75. The maximum atomic E-state index is 5.64. The number of anilines is 1. The van der Waals surface area contributed by atoms with E-state index in [9.17, 15) is 0 Å². The van der Waals surface area contributed by atoms with E-state index in [4.69, 9.17) is 18.0 Å². The van der Waals surface area contributed by atoms with Crippen molar-refractivity contribution in [3.63, 3.8) is 0 Å². The van der Waals surface area contributed by atoms with E-state index >= 15 is 0 Å². The van der Waals surface area contributed by atoms with E-state index in [0.29, 0.717) is 10.9 Å². The smallest absolute Gasteiger partial charge is 0.105 e. The van der Waals surface area contributed by atoms with Crippen LogP contribution >= 0.6 is 28.1 Å². The molecule has 0 saturated carbocycles.